The molecule has 1 heterocycles. The summed E-state index contributed by atoms with van der Waals surface area (Å²) in [5.74, 6) is 1.34. The zero-order valence-corrected chi connectivity index (χ0v) is 28.7. The Kier molecular flexibility index (Phi) is 14.5. The first-order valence-electron chi connectivity index (χ1n) is 15.6. The molecule has 2 aromatic carbocycles. The zero-order chi connectivity index (χ0) is 29.2. The van der Waals surface area contributed by atoms with Gasteiger partial charge in [-0.3, -0.25) is 9.78 Å². The number of pyridine rings is 1. The normalized spacial score (nSPS) is 14.4. The van der Waals surface area contributed by atoms with E-state index in [2.05, 4.69) is 62.4 Å². The standard InChI is InChI=1S/C23H24N.C14H26O2.Ir/c1-16-13-17(2)15-19(14-16)22-12-11-21-20(9-6-10-23(21)24-22)18-7-4-3-5-8-18;1-6-11(7-2)13(15)10(5)14(16)12(8-3)9-4;/h6,9-14,18H,3-5,7-8H2,1-2H3;11-12,15H,6-9H2,1-5H3;/q-1;;/b;13-10-;. The molecule has 4 heteroatoms. The maximum absolute atomic E-state index is 12.1. The van der Waals surface area contributed by atoms with Gasteiger partial charge in [0.2, 0.25) is 0 Å². The van der Waals surface area contributed by atoms with Gasteiger partial charge in [-0.2, -0.15) is 0 Å². The minimum absolute atomic E-state index is 0. The van der Waals surface area contributed by atoms with Crippen LogP contribution in [0.3, 0.4) is 0 Å². The fourth-order valence-corrected chi connectivity index (χ4v) is 6.21. The number of hydrogen-bond acceptors (Lipinski definition) is 3. The number of carbonyl (C=O) groups excluding carboxylic acids is 1. The number of aliphatic hydroxyl groups excluding tert-OH is 1. The van der Waals surface area contributed by atoms with Gasteiger partial charge in [0.15, 0.2) is 5.78 Å². The predicted octanol–water partition coefficient (Wildman–Crippen LogP) is 10.6. The fourth-order valence-electron chi connectivity index (χ4n) is 6.21. The maximum atomic E-state index is 12.1. The van der Waals surface area contributed by atoms with Crippen molar-refractivity contribution in [1.29, 1.82) is 0 Å². The van der Waals surface area contributed by atoms with Gasteiger partial charge >= 0.3 is 0 Å². The predicted molar refractivity (Wildman–Crippen MR) is 170 cm³/mol. The molecule has 1 aliphatic carbocycles. The van der Waals surface area contributed by atoms with Gasteiger partial charge in [0.05, 0.1) is 5.52 Å². The molecule has 225 valence electrons. The van der Waals surface area contributed by atoms with E-state index in [0.717, 1.165) is 42.5 Å². The molecule has 0 spiro atoms. The maximum Gasteiger partial charge on any atom is 0.164 e. The Bertz CT molecular complexity index is 1280. The minimum Gasteiger partial charge on any atom is -0.512 e. The van der Waals surface area contributed by atoms with E-state index in [1.54, 1.807) is 6.92 Å². The van der Waals surface area contributed by atoms with Crippen molar-refractivity contribution in [2.75, 3.05) is 0 Å². The van der Waals surface area contributed by atoms with Gasteiger partial charge in [-0.25, -0.2) is 0 Å². The van der Waals surface area contributed by atoms with Crippen LogP contribution in [0.5, 0.6) is 0 Å². The van der Waals surface area contributed by atoms with Crippen molar-refractivity contribution in [3.63, 3.8) is 0 Å². The van der Waals surface area contributed by atoms with Gasteiger partial charge in [0.1, 0.15) is 5.76 Å². The summed E-state index contributed by atoms with van der Waals surface area (Å²) in [7, 11) is 0. The Balaban J connectivity index is 0.000000306. The molecule has 0 unspecified atom stereocenters. The van der Waals surface area contributed by atoms with Crippen molar-refractivity contribution in [3.8, 4) is 11.3 Å². The van der Waals surface area contributed by atoms with Crippen LogP contribution in [0.2, 0.25) is 0 Å². The Morgan fingerprint density at radius 2 is 1.56 bits per heavy atom. The van der Waals surface area contributed by atoms with Crippen LogP contribution in [0.25, 0.3) is 22.2 Å². The largest absolute Gasteiger partial charge is 0.512 e. The summed E-state index contributed by atoms with van der Waals surface area (Å²) in [6.45, 7) is 14.1. The number of aliphatic hydroxyl groups is 1. The number of aromatic nitrogens is 1. The third-order valence-electron chi connectivity index (χ3n) is 8.72. The smallest absolute Gasteiger partial charge is 0.164 e. The summed E-state index contributed by atoms with van der Waals surface area (Å²) in [6.07, 6.45) is 10.2. The third kappa shape index (κ3) is 9.10. The number of hydrogen-bond donors (Lipinski definition) is 1. The molecular weight excluding hydrogens is 683 g/mol. The fraction of sp³-hybridized carbons (Fsp3) is 0.514. The molecule has 4 rings (SSSR count). The molecule has 1 saturated carbocycles. The number of aryl methyl sites for hydroxylation is 2. The number of rotatable bonds is 9. The van der Waals surface area contributed by atoms with Crippen molar-refractivity contribution in [2.24, 2.45) is 11.8 Å². The SMILES string of the molecule is CCC(CC)C(=O)/C(C)=C(\O)C(CC)CC.Cc1[c-]c(-c2ccc3c(C4CCCCC4)cccc3n2)cc(C)c1.[Ir]. The molecule has 3 nitrogen and oxygen atoms in total. The first-order chi connectivity index (χ1) is 19.2. The van der Waals surface area contributed by atoms with Crippen LogP contribution in [0.15, 0.2) is 53.8 Å². The summed E-state index contributed by atoms with van der Waals surface area (Å²) in [6, 6.07) is 18.8. The summed E-state index contributed by atoms with van der Waals surface area (Å²) in [4.78, 5) is 17.0. The van der Waals surface area contributed by atoms with Crippen LogP contribution in [0.1, 0.15) is 115 Å². The van der Waals surface area contributed by atoms with Gasteiger partial charge < -0.3 is 5.11 Å². The van der Waals surface area contributed by atoms with Crippen LogP contribution < -0.4 is 0 Å². The zero-order valence-electron chi connectivity index (χ0n) is 26.3. The molecule has 0 atom stereocenters. The minimum atomic E-state index is 0. The van der Waals surface area contributed by atoms with E-state index in [1.165, 1.54) is 54.2 Å². The van der Waals surface area contributed by atoms with Gasteiger partial charge in [0.25, 0.3) is 0 Å². The molecule has 0 aliphatic heterocycles. The van der Waals surface area contributed by atoms with Crippen molar-refractivity contribution >= 4 is 16.7 Å². The monoisotopic (exact) mass is 733 g/mol. The van der Waals surface area contributed by atoms with Gasteiger partial charge in [0, 0.05) is 42.9 Å². The molecule has 1 aliphatic rings. The molecule has 0 amide bonds. The molecule has 1 aromatic heterocycles. The molecule has 3 aromatic rings. The van der Waals surface area contributed by atoms with Crippen LogP contribution in [-0.4, -0.2) is 15.9 Å². The van der Waals surface area contributed by atoms with E-state index in [1.807, 2.05) is 27.7 Å². The Morgan fingerprint density at radius 3 is 2.15 bits per heavy atom. The Labute approximate surface area is 262 Å². The first-order valence-corrected chi connectivity index (χ1v) is 15.6. The average molecular weight is 733 g/mol. The average Bonchev–Trinajstić information content (AvgIpc) is 2.97. The summed E-state index contributed by atoms with van der Waals surface area (Å²) >= 11 is 0. The number of benzene rings is 2. The van der Waals surface area contributed by atoms with E-state index in [9.17, 15) is 9.90 Å². The number of nitrogens with zero attached hydrogens (tertiary/aromatic N) is 1. The first kappa shape index (κ1) is 34.9. The van der Waals surface area contributed by atoms with Gasteiger partial charge in [-0.05, 0) is 68.7 Å². The molecule has 41 heavy (non-hydrogen) atoms. The molecule has 1 fully saturated rings. The number of allylic oxidation sites excluding steroid dienone is 2. The van der Waals surface area contributed by atoms with Gasteiger partial charge in [-0.1, -0.05) is 85.1 Å². The molecular formula is C37H50IrNO2-. The molecule has 0 bridgehead atoms. The van der Waals surface area contributed by atoms with Gasteiger partial charge in [-0.15, -0.1) is 34.9 Å². The molecule has 0 saturated heterocycles. The van der Waals surface area contributed by atoms with Crippen LogP contribution in [0.4, 0.5) is 0 Å². The van der Waals surface area contributed by atoms with E-state index < -0.39 is 0 Å². The van der Waals surface area contributed by atoms with E-state index >= 15 is 0 Å². The van der Waals surface area contributed by atoms with Crippen LogP contribution in [0, 0.1) is 31.7 Å². The number of fused-ring (bicyclic) bond motifs is 1. The Morgan fingerprint density at radius 1 is 0.927 bits per heavy atom. The van der Waals surface area contributed by atoms with Crippen LogP contribution in [-0.2, 0) is 24.9 Å². The van der Waals surface area contributed by atoms with E-state index in [-0.39, 0.29) is 37.7 Å². The summed E-state index contributed by atoms with van der Waals surface area (Å²) in [5.41, 5.74) is 7.73. The topological polar surface area (TPSA) is 50.2 Å². The van der Waals surface area contributed by atoms with Crippen LogP contribution >= 0.6 is 0 Å². The number of carbonyl (C=O) groups is 1. The quantitative estimate of drug-likeness (QED) is 0.135. The van der Waals surface area contributed by atoms with Crippen molar-refractivity contribution < 1.29 is 30.0 Å². The second kappa shape index (κ2) is 17.0. The molecule has 1 radical (unpaired) electrons. The Hall–Kier alpha value is -2.29. The second-order valence-corrected chi connectivity index (χ2v) is 11.6. The van der Waals surface area contributed by atoms with Crippen molar-refractivity contribution in [3.05, 3.63) is 76.6 Å². The number of ketones is 1. The van der Waals surface area contributed by atoms with Crippen molar-refractivity contribution in [2.45, 2.75) is 112 Å². The number of Topliss-reactive ketones (excluding diaryl/α,β-unsaturated/α-hetero) is 1. The van der Waals surface area contributed by atoms with E-state index in [4.69, 9.17) is 4.98 Å². The molecule has 1 N–H and O–H groups in total. The third-order valence-corrected chi connectivity index (χ3v) is 8.72. The summed E-state index contributed by atoms with van der Waals surface area (Å²) < 4.78 is 0. The summed E-state index contributed by atoms with van der Waals surface area (Å²) in [5, 5.41) is 11.4. The second-order valence-electron chi connectivity index (χ2n) is 11.6. The van der Waals surface area contributed by atoms with Crippen molar-refractivity contribution in [1.82, 2.24) is 4.98 Å². The van der Waals surface area contributed by atoms with E-state index in [0.29, 0.717) is 17.3 Å².